The van der Waals surface area contributed by atoms with Gasteiger partial charge in [0.2, 0.25) is 5.88 Å². The van der Waals surface area contributed by atoms with Crippen molar-refractivity contribution in [3.63, 3.8) is 0 Å². The second-order valence-electron chi connectivity index (χ2n) is 5.86. The fourth-order valence-electron chi connectivity index (χ4n) is 2.78. The van der Waals surface area contributed by atoms with Gasteiger partial charge in [0.25, 0.3) is 5.56 Å². The van der Waals surface area contributed by atoms with Crippen molar-refractivity contribution in [1.29, 1.82) is 5.26 Å². The van der Waals surface area contributed by atoms with Crippen LogP contribution in [0.25, 0.3) is 0 Å². The average molecular weight is 352 g/mol. The van der Waals surface area contributed by atoms with E-state index in [4.69, 9.17) is 4.74 Å². The molecule has 26 heavy (non-hydrogen) atoms. The van der Waals surface area contributed by atoms with E-state index >= 15 is 0 Å². The Morgan fingerprint density at radius 2 is 2.12 bits per heavy atom. The predicted octanol–water partition coefficient (Wildman–Crippen LogP) is 3.23. The van der Waals surface area contributed by atoms with Gasteiger partial charge in [-0.15, -0.1) is 5.11 Å². The molecule has 0 saturated heterocycles. The van der Waals surface area contributed by atoms with E-state index in [2.05, 4.69) is 10.2 Å². The largest absolute Gasteiger partial charge is 0.493 e. The number of cyclic esters (lactones) is 1. The predicted molar refractivity (Wildman–Crippen MR) is 91.8 cm³/mol. The third kappa shape index (κ3) is 2.84. The van der Waals surface area contributed by atoms with Crippen molar-refractivity contribution in [3.8, 4) is 11.9 Å². The zero-order valence-electron chi connectivity index (χ0n) is 14.3. The van der Waals surface area contributed by atoms with Crippen molar-refractivity contribution in [2.45, 2.75) is 33.4 Å². The Kier molecular flexibility index (Phi) is 4.54. The minimum Gasteiger partial charge on any atom is -0.493 e. The molecule has 0 unspecified atom stereocenters. The molecule has 0 spiro atoms. The van der Waals surface area contributed by atoms with Crippen LogP contribution < -0.4 is 5.56 Å². The molecule has 0 amide bonds. The van der Waals surface area contributed by atoms with Crippen molar-refractivity contribution in [3.05, 3.63) is 50.8 Å². The second kappa shape index (κ2) is 6.80. The molecule has 0 aliphatic carbocycles. The number of nitriles is 1. The topological polar surface area (TPSA) is 117 Å². The van der Waals surface area contributed by atoms with E-state index in [0.717, 1.165) is 4.57 Å². The number of benzene rings is 1. The second-order valence-corrected chi connectivity index (χ2v) is 5.86. The molecule has 1 aromatic heterocycles. The summed E-state index contributed by atoms with van der Waals surface area (Å²) in [5, 5.41) is 27.5. The number of aromatic nitrogens is 1. The van der Waals surface area contributed by atoms with Crippen LogP contribution in [-0.2, 0) is 17.9 Å². The highest BCUT2D eigenvalue weighted by Gasteiger charge is 2.21. The fourth-order valence-corrected chi connectivity index (χ4v) is 2.78. The summed E-state index contributed by atoms with van der Waals surface area (Å²) in [7, 11) is 0. The molecule has 1 aliphatic rings. The van der Waals surface area contributed by atoms with Crippen LogP contribution in [0.2, 0.25) is 0 Å². The highest BCUT2D eigenvalue weighted by atomic mass is 16.5. The number of rotatable bonds is 4. The molecule has 132 valence electrons. The highest BCUT2D eigenvalue weighted by Crippen LogP contribution is 2.29. The normalized spacial score (nSPS) is 12.9. The molecule has 1 aromatic carbocycles. The summed E-state index contributed by atoms with van der Waals surface area (Å²) in [5.41, 5.74) is 1.40. The molecule has 2 heterocycles. The van der Waals surface area contributed by atoms with Crippen LogP contribution >= 0.6 is 0 Å². The van der Waals surface area contributed by atoms with Gasteiger partial charge in [-0.2, -0.15) is 10.4 Å². The minimum atomic E-state index is -0.510. The van der Waals surface area contributed by atoms with Crippen LogP contribution in [0.5, 0.6) is 5.88 Å². The van der Waals surface area contributed by atoms with Gasteiger partial charge in [0.15, 0.2) is 5.69 Å². The minimum absolute atomic E-state index is 0.0000463. The summed E-state index contributed by atoms with van der Waals surface area (Å²) in [6.45, 7) is 3.84. The van der Waals surface area contributed by atoms with Gasteiger partial charge in [0.1, 0.15) is 18.2 Å². The van der Waals surface area contributed by atoms with Gasteiger partial charge in [-0.25, -0.2) is 4.79 Å². The van der Waals surface area contributed by atoms with Crippen LogP contribution in [0.1, 0.15) is 40.4 Å². The number of azo groups is 1. The molecule has 0 bridgehead atoms. The van der Waals surface area contributed by atoms with Gasteiger partial charge >= 0.3 is 5.97 Å². The number of carbonyl (C=O) groups excluding carboxylic acids is 1. The molecule has 8 heteroatoms. The maximum atomic E-state index is 12.6. The van der Waals surface area contributed by atoms with Crippen molar-refractivity contribution in [2.75, 3.05) is 0 Å². The molecule has 0 fully saturated rings. The average Bonchev–Trinajstić information content (AvgIpc) is 2.99. The molecule has 8 nitrogen and oxygen atoms in total. The van der Waals surface area contributed by atoms with Gasteiger partial charge in [-0.1, -0.05) is 6.92 Å². The lowest BCUT2D eigenvalue weighted by Crippen LogP contribution is -2.21. The molecule has 0 radical (unpaired) electrons. The summed E-state index contributed by atoms with van der Waals surface area (Å²) in [6.07, 6.45) is 0.608. The number of esters is 1. The summed E-state index contributed by atoms with van der Waals surface area (Å²) < 4.78 is 6.06. The number of aromatic hydroxyl groups is 1. The van der Waals surface area contributed by atoms with E-state index in [-0.39, 0.29) is 41.8 Å². The van der Waals surface area contributed by atoms with Gasteiger partial charge < -0.3 is 9.84 Å². The Labute approximate surface area is 149 Å². The molecule has 0 atom stereocenters. The lowest BCUT2D eigenvalue weighted by molar-refractivity contribution is 0.0535. The number of pyridine rings is 1. The first kappa shape index (κ1) is 17.4. The van der Waals surface area contributed by atoms with Crippen LogP contribution in [0.3, 0.4) is 0 Å². The summed E-state index contributed by atoms with van der Waals surface area (Å²) in [6, 6.07) is 6.76. The molecule has 2 aromatic rings. The van der Waals surface area contributed by atoms with Crippen molar-refractivity contribution < 1.29 is 14.6 Å². The van der Waals surface area contributed by atoms with Gasteiger partial charge in [0, 0.05) is 17.7 Å². The van der Waals surface area contributed by atoms with Crippen LogP contribution in [0.4, 0.5) is 11.4 Å². The molecular formula is C18H16N4O4. The van der Waals surface area contributed by atoms with Gasteiger partial charge in [-0.05, 0) is 31.5 Å². The summed E-state index contributed by atoms with van der Waals surface area (Å²) in [5.74, 6) is -0.733. The van der Waals surface area contributed by atoms with Gasteiger partial charge in [0.05, 0.1) is 11.3 Å². The lowest BCUT2D eigenvalue weighted by atomic mass is 10.1. The monoisotopic (exact) mass is 352 g/mol. The number of carbonyl (C=O) groups is 1. The SMILES string of the molecule is CCCn1c(O)c(C#N)c(C)c(N=Nc2ccc3c(c2)COC3=O)c1=O. The Bertz CT molecular complexity index is 1030. The molecule has 1 aliphatic heterocycles. The smallest absolute Gasteiger partial charge is 0.338 e. The number of nitrogens with zero attached hydrogens (tertiary/aromatic N) is 4. The van der Waals surface area contributed by atoms with E-state index in [9.17, 15) is 20.0 Å². The summed E-state index contributed by atoms with van der Waals surface area (Å²) >= 11 is 0. The van der Waals surface area contributed by atoms with E-state index in [1.165, 1.54) is 0 Å². The summed E-state index contributed by atoms with van der Waals surface area (Å²) in [4.78, 5) is 24.1. The molecule has 0 saturated carbocycles. The first-order chi connectivity index (χ1) is 12.5. The lowest BCUT2D eigenvalue weighted by Gasteiger charge is -2.11. The molecule has 1 N–H and O–H groups in total. The van der Waals surface area contributed by atoms with Gasteiger partial charge in [-0.3, -0.25) is 9.36 Å². The zero-order valence-corrected chi connectivity index (χ0v) is 14.3. The van der Waals surface area contributed by atoms with E-state index in [1.54, 1.807) is 25.1 Å². The van der Waals surface area contributed by atoms with Crippen molar-refractivity contribution >= 4 is 17.3 Å². The third-order valence-electron chi connectivity index (χ3n) is 4.15. The quantitative estimate of drug-likeness (QED) is 0.669. The Morgan fingerprint density at radius 1 is 1.35 bits per heavy atom. The maximum absolute atomic E-state index is 12.6. The first-order valence-corrected chi connectivity index (χ1v) is 8.06. The van der Waals surface area contributed by atoms with Crippen molar-refractivity contribution in [2.24, 2.45) is 10.2 Å². The van der Waals surface area contributed by atoms with Crippen LogP contribution in [0.15, 0.2) is 33.2 Å². The standard InChI is InChI=1S/C18H16N4O4/c1-3-6-22-16(23)14(8-19)10(2)15(17(22)24)21-20-12-4-5-13-11(7-12)9-26-18(13)25/h4-5,7,23H,3,6,9H2,1-2H3. The maximum Gasteiger partial charge on any atom is 0.338 e. The van der Waals surface area contributed by atoms with Crippen LogP contribution in [0, 0.1) is 18.3 Å². The van der Waals surface area contributed by atoms with Crippen LogP contribution in [-0.4, -0.2) is 15.6 Å². The third-order valence-corrected chi connectivity index (χ3v) is 4.15. The van der Waals surface area contributed by atoms with E-state index < -0.39 is 5.56 Å². The number of fused-ring (bicyclic) bond motifs is 1. The Morgan fingerprint density at radius 3 is 2.81 bits per heavy atom. The Balaban J connectivity index is 2.06. The van der Waals surface area contributed by atoms with E-state index in [0.29, 0.717) is 23.2 Å². The zero-order chi connectivity index (χ0) is 18.8. The molecular weight excluding hydrogens is 336 g/mol. The number of hydrogen-bond donors (Lipinski definition) is 1. The highest BCUT2D eigenvalue weighted by molar-refractivity contribution is 5.93. The Hall–Kier alpha value is -3.47. The number of hydrogen-bond acceptors (Lipinski definition) is 7. The van der Waals surface area contributed by atoms with Crippen molar-refractivity contribution in [1.82, 2.24) is 4.57 Å². The number of ether oxygens (including phenoxy) is 1. The van der Waals surface area contributed by atoms with E-state index in [1.807, 2.05) is 13.0 Å². The first-order valence-electron chi connectivity index (χ1n) is 8.06. The fraction of sp³-hybridized carbons (Fsp3) is 0.278. The molecule has 3 rings (SSSR count).